The average molecular weight is 524 g/mol. The molecule has 2 aromatic carbocycles. The number of carbonyl (C=O) groups is 2. The summed E-state index contributed by atoms with van der Waals surface area (Å²) >= 11 is 0. The van der Waals surface area contributed by atoms with Gasteiger partial charge in [0.25, 0.3) is 5.91 Å². The van der Waals surface area contributed by atoms with Crippen LogP contribution in [0.4, 0.5) is 15.9 Å². The Morgan fingerprint density at radius 2 is 1.74 bits per heavy atom. The lowest BCUT2D eigenvalue weighted by atomic mass is 9.49. The Hall–Kier alpha value is -4.07. The SMILES string of the molecule is CN(C(=O)C12CC3CC(CC(C3)C1)C2)c1ccc(-c2nc3ccc(C(=O)Nc4ccccn4)cc3[nH]2)c(F)c1. The summed E-state index contributed by atoms with van der Waals surface area (Å²) in [7, 11) is 1.77. The van der Waals surface area contributed by atoms with Crippen molar-refractivity contribution in [3.05, 3.63) is 72.2 Å². The highest BCUT2D eigenvalue weighted by atomic mass is 19.1. The fourth-order valence-corrected chi connectivity index (χ4v) is 7.65. The predicted octanol–water partition coefficient (Wildman–Crippen LogP) is 6.20. The molecule has 198 valence electrons. The molecule has 0 radical (unpaired) electrons. The number of pyridine rings is 1. The van der Waals surface area contributed by atoms with Gasteiger partial charge >= 0.3 is 0 Å². The smallest absolute Gasteiger partial charge is 0.256 e. The van der Waals surface area contributed by atoms with Crippen LogP contribution in [0.3, 0.4) is 0 Å². The van der Waals surface area contributed by atoms with Crippen LogP contribution in [-0.4, -0.2) is 33.8 Å². The third-order valence-electron chi connectivity index (χ3n) is 9.04. The number of anilines is 2. The van der Waals surface area contributed by atoms with Crippen molar-refractivity contribution in [2.24, 2.45) is 23.2 Å². The van der Waals surface area contributed by atoms with Gasteiger partial charge in [0.1, 0.15) is 17.5 Å². The number of carbonyl (C=O) groups excluding carboxylic acids is 2. The van der Waals surface area contributed by atoms with Gasteiger partial charge in [0.2, 0.25) is 5.91 Å². The second-order valence-electron chi connectivity index (χ2n) is 11.7. The molecule has 2 heterocycles. The van der Waals surface area contributed by atoms with Gasteiger partial charge in [0.05, 0.1) is 22.0 Å². The standard InChI is InChI=1S/C31H30FN5O2/c1-37(30(39)31-15-18-10-19(16-31)12-20(11-18)17-31)22-6-7-23(24(32)14-22)28-34-25-8-5-21(13-26(25)35-28)29(38)36-27-4-2-3-9-33-27/h2-9,13-14,18-20H,10-12,15-17H2,1H3,(H,34,35)(H,33,36,38). The topological polar surface area (TPSA) is 91.0 Å². The zero-order valence-corrected chi connectivity index (χ0v) is 21.8. The number of aromatic amines is 1. The molecule has 4 aliphatic rings. The van der Waals surface area contributed by atoms with Crippen LogP contribution in [0.5, 0.6) is 0 Å². The molecule has 8 heteroatoms. The highest BCUT2D eigenvalue weighted by molar-refractivity contribution is 6.05. The predicted molar refractivity (Wildman–Crippen MR) is 148 cm³/mol. The van der Waals surface area contributed by atoms with Crippen molar-refractivity contribution in [1.29, 1.82) is 0 Å². The molecule has 4 bridgehead atoms. The molecule has 2 amide bonds. The maximum absolute atomic E-state index is 15.4. The number of hydrogen-bond acceptors (Lipinski definition) is 4. The molecule has 8 rings (SSSR count). The fraction of sp³-hybridized carbons (Fsp3) is 0.355. The first-order chi connectivity index (χ1) is 18.9. The van der Waals surface area contributed by atoms with Crippen molar-refractivity contribution in [2.45, 2.75) is 38.5 Å². The summed E-state index contributed by atoms with van der Waals surface area (Å²) in [4.78, 5) is 39.9. The van der Waals surface area contributed by atoms with E-state index in [4.69, 9.17) is 0 Å². The summed E-state index contributed by atoms with van der Waals surface area (Å²) in [6.45, 7) is 0. The van der Waals surface area contributed by atoms with Gasteiger partial charge in [0.15, 0.2) is 0 Å². The lowest BCUT2D eigenvalue weighted by Crippen LogP contribution is -2.54. The van der Waals surface area contributed by atoms with Gasteiger partial charge in [0, 0.05) is 24.5 Å². The molecule has 4 aliphatic carbocycles. The molecule has 39 heavy (non-hydrogen) atoms. The third-order valence-corrected chi connectivity index (χ3v) is 9.04. The number of benzene rings is 2. The number of hydrogen-bond donors (Lipinski definition) is 2. The van der Waals surface area contributed by atoms with Crippen LogP contribution in [0.15, 0.2) is 60.8 Å². The Kier molecular flexibility index (Phi) is 5.54. The molecule has 4 saturated carbocycles. The average Bonchev–Trinajstić information content (AvgIpc) is 3.35. The van der Waals surface area contributed by atoms with Crippen LogP contribution in [0.25, 0.3) is 22.4 Å². The maximum atomic E-state index is 15.4. The molecule has 2 aromatic heterocycles. The van der Waals surface area contributed by atoms with Crippen LogP contribution in [0.2, 0.25) is 0 Å². The van der Waals surface area contributed by atoms with Gasteiger partial charge in [-0.3, -0.25) is 9.59 Å². The van der Waals surface area contributed by atoms with E-state index in [1.54, 1.807) is 66.7 Å². The third kappa shape index (κ3) is 4.18. The van der Waals surface area contributed by atoms with Gasteiger partial charge in [-0.1, -0.05) is 6.07 Å². The molecule has 4 fully saturated rings. The van der Waals surface area contributed by atoms with Crippen LogP contribution < -0.4 is 10.2 Å². The van der Waals surface area contributed by atoms with Gasteiger partial charge in [-0.25, -0.2) is 14.4 Å². The second-order valence-corrected chi connectivity index (χ2v) is 11.7. The Labute approximate surface area is 225 Å². The number of imidazole rings is 1. The van der Waals surface area contributed by atoms with Crippen molar-refractivity contribution in [2.75, 3.05) is 17.3 Å². The summed E-state index contributed by atoms with van der Waals surface area (Å²) in [6, 6.07) is 15.3. The summed E-state index contributed by atoms with van der Waals surface area (Å²) in [5.74, 6) is 2.22. The van der Waals surface area contributed by atoms with Crippen molar-refractivity contribution < 1.29 is 14.0 Å². The molecule has 0 aliphatic heterocycles. The van der Waals surface area contributed by atoms with E-state index in [0.29, 0.717) is 57.2 Å². The van der Waals surface area contributed by atoms with Crippen molar-refractivity contribution in [1.82, 2.24) is 15.0 Å². The molecule has 0 saturated heterocycles. The maximum Gasteiger partial charge on any atom is 0.256 e. The number of H-pyrrole nitrogens is 1. The summed E-state index contributed by atoms with van der Waals surface area (Å²) < 4.78 is 15.4. The highest BCUT2D eigenvalue weighted by Crippen LogP contribution is 2.60. The van der Waals surface area contributed by atoms with E-state index in [2.05, 4.69) is 20.3 Å². The van der Waals surface area contributed by atoms with Crippen LogP contribution in [0.1, 0.15) is 48.9 Å². The normalized spacial score (nSPS) is 25.1. The Morgan fingerprint density at radius 1 is 1.00 bits per heavy atom. The number of rotatable bonds is 5. The van der Waals surface area contributed by atoms with Gasteiger partial charge in [-0.05, 0) is 105 Å². The number of halogens is 1. The van der Waals surface area contributed by atoms with Crippen molar-refractivity contribution >= 4 is 34.4 Å². The molecule has 2 N–H and O–H groups in total. The van der Waals surface area contributed by atoms with E-state index in [-0.39, 0.29) is 17.2 Å². The van der Waals surface area contributed by atoms with Crippen LogP contribution >= 0.6 is 0 Å². The molecule has 0 atom stereocenters. The van der Waals surface area contributed by atoms with E-state index in [0.717, 1.165) is 19.3 Å². The van der Waals surface area contributed by atoms with E-state index in [1.807, 2.05) is 0 Å². The van der Waals surface area contributed by atoms with Gasteiger partial charge < -0.3 is 15.2 Å². The first-order valence-electron chi connectivity index (χ1n) is 13.7. The molecule has 0 unspecified atom stereocenters. The minimum absolute atomic E-state index is 0.133. The lowest BCUT2D eigenvalue weighted by molar-refractivity contribution is -0.143. The molecular formula is C31H30FN5O2. The second kappa shape index (κ2) is 9.00. The van der Waals surface area contributed by atoms with Gasteiger partial charge in [-0.15, -0.1) is 0 Å². The largest absolute Gasteiger partial charge is 0.338 e. The highest BCUT2D eigenvalue weighted by Gasteiger charge is 2.55. The van der Waals surface area contributed by atoms with Gasteiger partial charge in [-0.2, -0.15) is 0 Å². The monoisotopic (exact) mass is 523 g/mol. The molecule has 0 spiro atoms. The summed E-state index contributed by atoms with van der Waals surface area (Å²) in [5, 5.41) is 2.76. The van der Waals surface area contributed by atoms with E-state index in [9.17, 15) is 9.59 Å². The van der Waals surface area contributed by atoms with Crippen LogP contribution in [0, 0.1) is 29.0 Å². The molecular weight excluding hydrogens is 493 g/mol. The summed E-state index contributed by atoms with van der Waals surface area (Å²) in [5.41, 5.74) is 2.27. The number of fused-ring (bicyclic) bond motifs is 1. The van der Waals surface area contributed by atoms with Crippen LogP contribution in [-0.2, 0) is 4.79 Å². The Morgan fingerprint density at radius 3 is 2.41 bits per heavy atom. The van der Waals surface area contributed by atoms with Crippen molar-refractivity contribution in [3.8, 4) is 11.4 Å². The van der Waals surface area contributed by atoms with E-state index < -0.39 is 5.82 Å². The number of nitrogens with zero attached hydrogens (tertiary/aromatic N) is 3. The number of nitrogens with one attached hydrogen (secondary N) is 2. The van der Waals surface area contributed by atoms with E-state index >= 15 is 4.39 Å². The quantitative estimate of drug-likeness (QED) is 0.326. The molecule has 7 nitrogen and oxygen atoms in total. The first-order valence-corrected chi connectivity index (χ1v) is 13.7. The fourth-order valence-electron chi connectivity index (χ4n) is 7.65. The Bertz CT molecular complexity index is 1560. The summed E-state index contributed by atoms with van der Waals surface area (Å²) in [6.07, 6.45) is 8.35. The van der Waals surface area contributed by atoms with Crippen molar-refractivity contribution in [3.63, 3.8) is 0 Å². The number of aromatic nitrogens is 3. The zero-order valence-electron chi connectivity index (χ0n) is 21.8. The minimum atomic E-state index is -0.454. The van der Waals surface area contributed by atoms with E-state index in [1.165, 1.54) is 25.3 Å². The first kappa shape index (κ1) is 24.0. The Balaban J connectivity index is 1.11. The zero-order chi connectivity index (χ0) is 26.7. The minimum Gasteiger partial charge on any atom is -0.338 e. The molecule has 4 aromatic rings. The lowest BCUT2D eigenvalue weighted by Gasteiger charge is -2.56. The number of amides is 2.